The van der Waals surface area contributed by atoms with Crippen LogP contribution in [0.25, 0.3) is 0 Å². The highest BCUT2D eigenvalue weighted by Gasteiger charge is 2.24. The molecule has 13 nitrogen and oxygen atoms in total. The number of amides is 3. The molecule has 3 amide bonds. The van der Waals surface area contributed by atoms with Gasteiger partial charge in [-0.15, -0.1) is 0 Å². The molecular weight excluding hydrogens is 550 g/mol. The molecule has 230 valence electrons. The number of carbonyl (C=O) groups is 4. The monoisotopic (exact) mass is 591 g/mol. The lowest BCUT2D eigenvalue weighted by molar-refractivity contribution is -0.126. The minimum Gasteiger partial charge on any atom is -0.352 e. The first kappa shape index (κ1) is 32.9. The number of carbonyl (C=O) groups excluding carboxylic acids is 4. The average Bonchev–Trinajstić information content (AvgIpc) is 3.36. The van der Waals surface area contributed by atoms with E-state index >= 15 is 0 Å². The molecule has 1 heterocycles. The zero-order chi connectivity index (χ0) is 31.4. The van der Waals surface area contributed by atoms with E-state index in [2.05, 4.69) is 62.1 Å². The Balaban J connectivity index is 1.78. The first-order valence-electron chi connectivity index (χ1n) is 14.4. The molecule has 43 heavy (non-hydrogen) atoms. The van der Waals surface area contributed by atoms with Crippen LogP contribution in [-0.2, 0) is 9.59 Å². The van der Waals surface area contributed by atoms with Gasteiger partial charge in [-0.3, -0.25) is 19.2 Å². The SMILES string of the molecule is C=C1Nc2ccc(NC(=O)C(/N=N/c3cc(C(=O)NCCCN)cc(C(=O)NCCCN(CC)CC)c3)C(C)=O)cc2N1. The van der Waals surface area contributed by atoms with Gasteiger partial charge in [0.1, 0.15) is 5.82 Å². The number of nitrogens with one attached hydrogen (secondary N) is 5. The van der Waals surface area contributed by atoms with E-state index in [9.17, 15) is 19.2 Å². The fourth-order valence-corrected chi connectivity index (χ4v) is 4.33. The van der Waals surface area contributed by atoms with Crippen LogP contribution in [-0.4, -0.2) is 73.7 Å². The van der Waals surface area contributed by atoms with Gasteiger partial charge in [-0.1, -0.05) is 20.4 Å². The predicted octanol–water partition coefficient (Wildman–Crippen LogP) is 3.22. The molecule has 7 N–H and O–H groups in total. The second-order valence-corrected chi connectivity index (χ2v) is 10.0. The van der Waals surface area contributed by atoms with Gasteiger partial charge in [0, 0.05) is 29.9 Å². The maximum Gasteiger partial charge on any atom is 0.258 e. The second-order valence-electron chi connectivity index (χ2n) is 10.0. The number of nitrogens with zero attached hydrogens (tertiary/aromatic N) is 3. The lowest BCUT2D eigenvalue weighted by atomic mass is 10.1. The molecule has 1 aliphatic rings. The van der Waals surface area contributed by atoms with Crippen LogP contribution in [0.1, 0.15) is 54.3 Å². The Kier molecular flexibility index (Phi) is 12.3. The molecule has 0 radical (unpaired) electrons. The fourth-order valence-electron chi connectivity index (χ4n) is 4.33. The number of anilines is 3. The van der Waals surface area contributed by atoms with Crippen molar-refractivity contribution in [3.8, 4) is 0 Å². The molecule has 0 saturated heterocycles. The molecule has 0 fully saturated rings. The largest absolute Gasteiger partial charge is 0.352 e. The molecule has 13 heteroatoms. The number of Topliss-reactive ketones (excluding diaryl/α,β-unsaturated/α-hetero) is 1. The van der Waals surface area contributed by atoms with Gasteiger partial charge in [0.2, 0.25) is 6.04 Å². The van der Waals surface area contributed by atoms with Crippen LogP contribution >= 0.6 is 0 Å². The summed E-state index contributed by atoms with van der Waals surface area (Å²) in [5, 5.41) is 22.5. The summed E-state index contributed by atoms with van der Waals surface area (Å²) in [6, 6.07) is 8.07. The molecule has 0 spiro atoms. The third-order valence-corrected chi connectivity index (χ3v) is 6.72. The molecule has 0 saturated carbocycles. The summed E-state index contributed by atoms with van der Waals surface area (Å²) in [5.74, 6) is -1.39. The predicted molar refractivity (Wildman–Crippen MR) is 168 cm³/mol. The van der Waals surface area contributed by atoms with Crippen LogP contribution in [0.15, 0.2) is 59.0 Å². The van der Waals surface area contributed by atoms with Crippen molar-refractivity contribution in [2.45, 2.75) is 39.7 Å². The molecule has 0 aliphatic carbocycles. The van der Waals surface area contributed by atoms with Gasteiger partial charge in [0.15, 0.2) is 5.78 Å². The standard InChI is InChI=1S/C30H41N9O4/c1-5-39(6-2)14-8-13-33-29(42)22-15-21(28(41)32-12-7-11-31)16-24(17-22)37-38-27(19(3)40)30(43)36-23-9-10-25-26(18-23)35-20(4)34-25/h9-10,15-18,27,34-35H,4-8,11-14,31H2,1-3H3,(H,32,41)(H,33,42)(H,36,43)/b38-37+. The maximum absolute atomic E-state index is 13.0. The number of azo groups is 1. The first-order chi connectivity index (χ1) is 20.6. The smallest absolute Gasteiger partial charge is 0.258 e. The minimum atomic E-state index is -1.45. The van der Waals surface area contributed by atoms with E-state index in [1.54, 1.807) is 18.2 Å². The molecule has 1 atom stereocenters. The Morgan fingerprint density at radius 2 is 1.56 bits per heavy atom. The number of nitrogens with two attached hydrogens (primary N) is 1. The van der Waals surface area contributed by atoms with Gasteiger partial charge in [-0.25, -0.2) is 0 Å². The van der Waals surface area contributed by atoms with Gasteiger partial charge < -0.3 is 37.2 Å². The second kappa shape index (κ2) is 16.1. The molecule has 2 aromatic rings. The van der Waals surface area contributed by atoms with E-state index in [0.29, 0.717) is 37.6 Å². The van der Waals surface area contributed by atoms with Crippen LogP contribution in [0.4, 0.5) is 22.7 Å². The van der Waals surface area contributed by atoms with E-state index < -0.39 is 23.6 Å². The topological polar surface area (TPSA) is 182 Å². The van der Waals surface area contributed by atoms with Crippen molar-refractivity contribution in [3.63, 3.8) is 0 Å². The van der Waals surface area contributed by atoms with Crippen molar-refractivity contribution in [2.75, 3.05) is 55.2 Å². The van der Waals surface area contributed by atoms with E-state index in [1.165, 1.54) is 25.1 Å². The van der Waals surface area contributed by atoms with Gasteiger partial charge in [-0.05, 0) is 82.3 Å². The van der Waals surface area contributed by atoms with E-state index in [4.69, 9.17) is 5.73 Å². The molecule has 0 bridgehead atoms. The van der Waals surface area contributed by atoms with E-state index in [1.807, 2.05) is 0 Å². The number of fused-ring (bicyclic) bond motifs is 1. The summed E-state index contributed by atoms with van der Waals surface area (Å²) in [5.41, 5.74) is 8.04. The zero-order valence-corrected chi connectivity index (χ0v) is 25.0. The first-order valence-corrected chi connectivity index (χ1v) is 14.4. The third-order valence-electron chi connectivity index (χ3n) is 6.72. The Hall–Kier alpha value is -4.62. The normalized spacial score (nSPS) is 12.8. The number of benzene rings is 2. The van der Waals surface area contributed by atoms with Crippen LogP contribution in [0, 0.1) is 0 Å². The summed E-state index contributed by atoms with van der Waals surface area (Å²) >= 11 is 0. The average molecular weight is 592 g/mol. The van der Waals surface area contributed by atoms with Gasteiger partial charge in [0.05, 0.1) is 17.1 Å². The molecule has 1 unspecified atom stereocenters. The lowest BCUT2D eigenvalue weighted by Gasteiger charge is -2.17. The van der Waals surface area contributed by atoms with Crippen molar-refractivity contribution in [2.24, 2.45) is 16.0 Å². The van der Waals surface area contributed by atoms with Crippen molar-refractivity contribution in [1.82, 2.24) is 15.5 Å². The van der Waals surface area contributed by atoms with Crippen LogP contribution in [0.3, 0.4) is 0 Å². The summed E-state index contributed by atoms with van der Waals surface area (Å²) in [6.45, 7) is 13.2. The van der Waals surface area contributed by atoms with Crippen molar-refractivity contribution >= 4 is 46.3 Å². The Morgan fingerprint density at radius 1 is 0.930 bits per heavy atom. The molecule has 2 aromatic carbocycles. The zero-order valence-electron chi connectivity index (χ0n) is 25.0. The molecule has 0 aromatic heterocycles. The summed E-state index contributed by atoms with van der Waals surface area (Å²) in [4.78, 5) is 53.4. The van der Waals surface area contributed by atoms with E-state index in [-0.39, 0.29) is 22.7 Å². The fraction of sp³-hybridized carbons (Fsp3) is 0.400. The minimum absolute atomic E-state index is 0.144. The third kappa shape index (κ3) is 9.72. The Labute approximate surface area is 251 Å². The highest BCUT2D eigenvalue weighted by atomic mass is 16.2. The van der Waals surface area contributed by atoms with Crippen LogP contribution < -0.4 is 32.3 Å². The van der Waals surface area contributed by atoms with Crippen molar-refractivity contribution < 1.29 is 19.2 Å². The van der Waals surface area contributed by atoms with Gasteiger partial charge in [0.25, 0.3) is 17.7 Å². The summed E-state index contributed by atoms with van der Waals surface area (Å²) in [7, 11) is 0. The van der Waals surface area contributed by atoms with Crippen LogP contribution in [0.5, 0.6) is 0 Å². The summed E-state index contributed by atoms with van der Waals surface area (Å²) in [6.07, 6.45) is 1.35. The number of hydrogen-bond donors (Lipinski definition) is 6. The Bertz CT molecular complexity index is 1370. The number of hydrogen-bond acceptors (Lipinski definition) is 10. The quantitative estimate of drug-likeness (QED) is 0.0977. The van der Waals surface area contributed by atoms with Gasteiger partial charge >= 0.3 is 0 Å². The van der Waals surface area contributed by atoms with E-state index in [0.717, 1.165) is 37.4 Å². The molecule has 3 rings (SSSR count). The molecule has 1 aliphatic heterocycles. The number of ketones is 1. The van der Waals surface area contributed by atoms with Crippen LogP contribution in [0.2, 0.25) is 0 Å². The highest BCUT2D eigenvalue weighted by Crippen LogP contribution is 2.32. The Morgan fingerprint density at radius 3 is 2.16 bits per heavy atom. The van der Waals surface area contributed by atoms with Gasteiger partial charge in [-0.2, -0.15) is 10.2 Å². The highest BCUT2D eigenvalue weighted by molar-refractivity contribution is 6.10. The van der Waals surface area contributed by atoms with Crippen molar-refractivity contribution in [1.29, 1.82) is 0 Å². The van der Waals surface area contributed by atoms with Crippen molar-refractivity contribution in [3.05, 3.63) is 59.9 Å². The molecular formula is C30H41N9O4. The lowest BCUT2D eigenvalue weighted by Crippen LogP contribution is -2.31. The summed E-state index contributed by atoms with van der Waals surface area (Å²) < 4.78 is 0. The number of rotatable bonds is 16. The maximum atomic E-state index is 13.0.